The van der Waals surface area contributed by atoms with Crippen LogP contribution >= 0.6 is 0 Å². The lowest BCUT2D eigenvalue weighted by molar-refractivity contribution is 0.0892. The Hall–Kier alpha value is -2.49. The molecule has 102 valence electrons. The first-order valence-electron chi connectivity index (χ1n) is 6.40. The zero-order chi connectivity index (χ0) is 14.4. The zero-order valence-electron chi connectivity index (χ0n) is 11.2. The van der Waals surface area contributed by atoms with Crippen molar-refractivity contribution >= 4 is 11.6 Å². The number of Topliss-reactive ketones (excluding diaryl/α,β-unsaturated/α-hetero) is 2. The largest absolute Gasteiger partial charge is 0.493 e. The quantitative estimate of drug-likeness (QED) is 0.597. The molecule has 0 saturated carbocycles. The van der Waals surface area contributed by atoms with E-state index in [2.05, 4.69) is 4.98 Å². The normalized spacial score (nSPS) is 10.1. The van der Waals surface area contributed by atoms with Crippen LogP contribution in [0.25, 0.3) is 0 Å². The number of hydrogen-bond donors (Lipinski definition) is 0. The van der Waals surface area contributed by atoms with Gasteiger partial charge in [0.2, 0.25) is 0 Å². The molecule has 0 spiro atoms. The Morgan fingerprint density at radius 3 is 2.55 bits per heavy atom. The fourth-order valence-corrected chi connectivity index (χ4v) is 1.84. The van der Waals surface area contributed by atoms with E-state index >= 15 is 0 Å². The molecule has 0 aliphatic heterocycles. The van der Waals surface area contributed by atoms with Crippen LogP contribution < -0.4 is 4.74 Å². The first-order valence-corrected chi connectivity index (χ1v) is 6.40. The summed E-state index contributed by atoms with van der Waals surface area (Å²) in [5, 5.41) is 0. The van der Waals surface area contributed by atoms with E-state index in [1.165, 1.54) is 6.20 Å². The van der Waals surface area contributed by atoms with Crippen molar-refractivity contribution in [2.24, 2.45) is 0 Å². The van der Waals surface area contributed by atoms with Crippen LogP contribution in [0.3, 0.4) is 0 Å². The van der Waals surface area contributed by atoms with Gasteiger partial charge in [0.25, 0.3) is 0 Å². The summed E-state index contributed by atoms with van der Waals surface area (Å²) in [6, 6.07) is 10.4. The molecule has 0 saturated heterocycles. The van der Waals surface area contributed by atoms with E-state index in [0.29, 0.717) is 23.5 Å². The van der Waals surface area contributed by atoms with Gasteiger partial charge in [-0.2, -0.15) is 0 Å². The van der Waals surface area contributed by atoms with Crippen molar-refractivity contribution in [3.8, 4) is 5.75 Å². The van der Waals surface area contributed by atoms with E-state index in [9.17, 15) is 9.59 Å². The number of rotatable bonds is 6. The molecule has 0 aliphatic carbocycles. The molecule has 0 bridgehead atoms. The van der Waals surface area contributed by atoms with Crippen molar-refractivity contribution in [2.45, 2.75) is 13.3 Å². The van der Waals surface area contributed by atoms with Crippen molar-refractivity contribution in [3.05, 3.63) is 59.9 Å². The molecule has 4 heteroatoms. The molecule has 0 fully saturated rings. The second kappa shape index (κ2) is 6.61. The third-order valence-electron chi connectivity index (χ3n) is 2.80. The first-order chi connectivity index (χ1) is 9.72. The fraction of sp³-hybridized carbons (Fsp3) is 0.188. The van der Waals surface area contributed by atoms with E-state index in [-0.39, 0.29) is 18.0 Å². The van der Waals surface area contributed by atoms with Gasteiger partial charge in [-0.1, -0.05) is 30.3 Å². The smallest absolute Gasteiger partial charge is 0.175 e. The molecule has 20 heavy (non-hydrogen) atoms. The highest BCUT2D eigenvalue weighted by Gasteiger charge is 2.17. The third kappa shape index (κ3) is 3.29. The number of pyridine rings is 1. The molecule has 0 amide bonds. The Kier molecular flexibility index (Phi) is 4.60. The van der Waals surface area contributed by atoms with E-state index in [1.54, 1.807) is 36.5 Å². The average molecular weight is 269 g/mol. The molecule has 4 nitrogen and oxygen atoms in total. The van der Waals surface area contributed by atoms with Gasteiger partial charge in [0, 0.05) is 18.0 Å². The lowest BCUT2D eigenvalue weighted by Gasteiger charge is -2.08. The summed E-state index contributed by atoms with van der Waals surface area (Å²) in [5.74, 6) is -0.0225. The number of nitrogens with zero attached hydrogens (tertiary/aromatic N) is 1. The molecule has 0 atom stereocenters. The predicted octanol–water partition coefficient (Wildman–Crippen LogP) is 2.94. The minimum Gasteiger partial charge on any atom is -0.493 e. The highest BCUT2D eigenvalue weighted by Crippen LogP contribution is 2.19. The summed E-state index contributed by atoms with van der Waals surface area (Å²) in [7, 11) is 0. The Morgan fingerprint density at radius 2 is 1.85 bits per heavy atom. The summed E-state index contributed by atoms with van der Waals surface area (Å²) in [4.78, 5) is 28.1. The van der Waals surface area contributed by atoms with E-state index < -0.39 is 0 Å². The molecule has 0 unspecified atom stereocenters. The van der Waals surface area contributed by atoms with Crippen LogP contribution in [0.5, 0.6) is 5.75 Å². The molecule has 2 aromatic rings. The van der Waals surface area contributed by atoms with Crippen LogP contribution in [0.4, 0.5) is 0 Å². The number of carbonyl (C=O) groups excluding carboxylic acids is 2. The molecule has 1 heterocycles. The number of aromatic nitrogens is 1. The van der Waals surface area contributed by atoms with Gasteiger partial charge >= 0.3 is 0 Å². The average Bonchev–Trinajstić information content (AvgIpc) is 2.49. The van der Waals surface area contributed by atoms with Crippen LogP contribution in [0, 0.1) is 0 Å². The maximum Gasteiger partial charge on any atom is 0.175 e. The topological polar surface area (TPSA) is 56.3 Å². The van der Waals surface area contributed by atoms with E-state index in [0.717, 1.165) is 0 Å². The molecule has 0 aliphatic rings. The van der Waals surface area contributed by atoms with Crippen molar-refractivity contribution in [2.75, 3.05) is 6.61 Å². The van der Waals surface area contributed by atoms with E-state index in [4.69, 9.17) is 4.74 Å². The van der Waals surface area contributed by atoms with Gasteiger partial charge in [0.15, 0.2) is 11.6 Å². The van der Waals surface area contributed by atoms with Crippen molar-refractivity contribution < 1.29 is 14.3 Å². The maximum atomic E-state index is 12.2. The van der Waals surface area contributed by atoms with Gasteiger partial charge in [-0.15, -0.1) is 0 Å². The highest BCUT2D eigenvalue weighted by atomic mass is 16.5. The van der Waals surface area contributed by atoms with Gasteiger partial charge in [-0.25, -0.2) is 0 Å². The summed E-state index contributed by atoms with van der Waals surface area (Å²) >= 11 is 0. The second-order valence-corrected chi connectivity index (χ2v) is 4.19. The third-order valence-corrected chi connectivity index (χ3v) is 2.80. The van der Waals surface area contributed by atoms with Gasteiger partial charge in [-0.3, -0.25) is 14.6 Å². The molecular weight excluding hydrogens is 254 g/mol. The summed E-state index contributed by atoms with van der Waals surface area (Å²) in [6.45, 7) is 2.29. The summed E-state index contributed by atoms with van der Waals surface area (Å²) < 4.78 is 5.37. The fourth-order valence-electron chi connectivity index (χ4n) is 1.84. The molecule has 2 rings (SSSR count). The maximum absolute atomic E-state index is 12.2. The van der Waals surface area contributed by atoms with Crippen LogP contribution in [-0.4, -0.2) is 23.2 Å². The highest BCUT2D eigenvalue weighted by molar-refractivity contribution is 6.14. The standard InChI is InChI=1S/C16H15NO3/c1-2-20-16-8-9-17-11-13(16)15(19)10-14(18)12-6-4-3-5-7-12/h3-9,11H,2,10H2,1H3. The lowest BCUT2D eigenvalue weighted by Crippen LogP contribution is -2.10. The minimum absolute atomic E-state index is 0.185. The zero-order valence-corrected chi connectivity index (χ0v) is 11.2. The Morgan fingerprint density at radius 1 is 1.10 bits per heavy atom. The molecule has 1 aromatic heterocycles. The number of hydrogen-bond acceptors (Lipinski definition) is 4. The van der Waals surface area contributed by atoms with Gasteiger partial charge < -0.3 is 4.74 Å². The van der Waals surface area contributed by atoms with Crippen LogP contribution in [0.1, 0.15) is 34.1 Å². The minimum atomic E-state index is -0.282. The summed E-state index contributed by atoms with van der Waals surface area (Å²) in [5.41, 5.74) is 0.876. The van der Waals surface area contributed by atoms with Crippen LogP contribution in [0.15, 0.2) is 48.8 Å². The van der Waals surface area contributed by atoms with Gasteiger partial charge in [0.1, 0.15) is 5.75 Å². The summed E-state index contributed by atoms with van der Waals surface area (Å²) in [6.07, 6.45) is 2.81. The SMILES string of the molecule is CCOc1ccncc1C(=O)CC(=O)c1ccccc1. The molecule has 0 N–H and O–H groups in total. The number of ether oxygens (including phenoxy) is 1. The number of ketones is 2. The van der Waals surface area contributed by atoms with Crippen molar-refractivity contribution in [1.82, 2.24) is 4.98 Å². The Labute approximate surface area is 117 Å². The molecule has 0 radical (unpaired) electrons. The monoisotopic (exact) mass is 269 g/mol. The van der Waals surface area contributed by atoms with Gasteiger partial charge in [-0.05, 0) is 13.0 Å². The van der Waals surface area contributed by atoms with Crippen molar-refractivity contribution in [1.29, 1.82) is 0 Å². The Balaban J connectivity index is 2.15. The number of benzene rings is 1. The predicted molar refractivity (Wildman–Crippen MR) is 75.1 cm³/mol. The van der Waals surface area contributed by atoms with Gasteiger partial charge in [0.05, 0.1) is 18.6 Å². The first kappa shape index (κ1) is 13.9. The Bertz CT molecular complexity index is 608. The van der Waals surface area contributed by atoms with Crippen LogP contribution in [-0.2, 0) is 0 Å². The van der Waals surface area contributed by atoms with E-state index in [1.807, 2.05) is 13.0 Å². The lowest BCUT2D eigenvalue weighted by atomic mass is 10.0. The van der Waals surface area contributed by atoms with Crippen molar-refractivity contribution in [3.63, 3.8) is 0 Å². The number of carbonyl (C=O) groups is 2. The molecular formula is C16H15NO3. The molecule has 1 aromatic carbocycles. The van der Waals surface area contributed by atoms with Crippen LogP contribution in [0.2, 0.25) is 0 Å². The second-order valence-electron chi connectivity index (χ2n) is 4.19.